The molecule has 0 bridgehead atoms. The molecule has 0 aliphatic carbocycles. The summed E-state index contributed by atoms with van der Waals surface area (Å²) in [6.07, 6.45) is -0.267. The summed E-state index contributed by atoms with van der Waals surface area (Å²) in [4.78, 5) is 12.2. The number of carbonyl (C=O) groups is 1. The molecule has 138 valence electrons. The van der Waals surface area contributed by atoms with Crippen LogP contribution in [0.1, 0.15) is 22.2 Å². The summed E-state index contributed by atoms with van der Waals surface area (Å²) in [7, 11) is 1.60. The van der Waals surface area contributed by atoms with Crippen molar-refractivity contribution in [3.8, 4) is 17.0 Å². The number of carbonyl (C=O) groups excluding carboxylic acids is 1. The van der Waals surface area contributed by atoms with Crippen LogP contribution in [-0.2, 0) is 6.54 Å². The van der Waals surface area contributed by atoms with E-state index in [9.17, 15) is 9.18 Å². The van der Waals surface area contributed by atoms with Gasteiger partial charge in [0, 0.05) is 17.7 Å². The average Bonchev–Trinajstić information content (AvgIpc) is 3.15. The first kappa shape index (κ1) is 17.2. The van der Waals surface area contributed by atoms with Crippen molar-refractivity contribution in [2.24, 2.45) is 0 Å². The van der Waals surface area contributed by atoms with Crippen molar-refractivity contribution in [2.45, 2.75) is 12.7 Å². The normalized spacial score (nSPS) is 15.9. The van der Waals surface area contributed by atoms with Gasteiger partial charge in [0.1, 0.15) is 23.4 Å². The van der Waals surface area contributed by atoms with Crippen LogP contribution in [-0.4, -0.2) is 29.3 Å². The molecule has 0 fully saturated rings. The summed E-state index contributed by atoms with van der Waals surface area (Å²) in [5, 5.41) is 10.7. The fourth-order valence-electron chi connectivity index (χ4n) is 3.12. The summed E-state index contributed by atoms with van der Waals surface area (Å²) < 4.78 is 20.8. The maximum Gasteiger partial charge on any atom is 0.269 e. The number of ether oxygens (including phenoxy) is 1. The van der Waals surface area contributed by atoms with Gasteiger partial charge in [-0.25, -0.2) is 9.07 Å². The molecule has 1 amide bonds. The number of nitrogens with one attached hydrogen (secondary N) is 2. The third-order valence-electron chi connectivity index (χ3n) is 4.57. The molecule has 27 heavy (non-hydrogen) atoms. The largest absolute Gasteiger partial charge is 0.497 e. The molecule has 4 rings (SSSR count). The number of aromatic nitrogens is 2. The van der Waals surface area contributed by atoms with E-state index in [0.29, 0.717) is 30.0 Å². The summed E-state index contributed by atoms with van der Waals surface area (Å²) >= 11 is 0. The fraction of sp³-hybridized carbons (Fsp3) is 0.200. The first-order valence-corrected chi connectivity index (χ1v) is 8.64. The number of rotatable bonds is 5. The van der Waals surface area contributed by atoms with Crippen molar-refractivity contribution >= 4 is 5.91 Å². The lowest BCUT2D eigenvalue weighted by molar-refractivity contribution is 0.0900. The molecule has 1 aliphatic rings. The second-order valence-electron chi connectivity index (χ2n) is 6.29. The summed E-state index contributed by atoms with van der Waals surface area (Å²) in [6, 6.07) is 15.9. The minimum absolute atomic E-state index is 0.180. The fourth-order valence-corrected chi connectivity index (χ4v) is 3.12. The molecular weight excluding hydrogens is 347 g/mol. The predicted molar refractivity (Wildman–Crippen MR) is 98.8 cm³/mol. The molecule has 1 unspecified atom stereocenters. The maximum atomic E-state index is 13.9. The molecule has 1 aromatic heterocycles. The Morgan fingerprint density at radius 3 is 2.93 bits per heavy atom. The number of benzene rings is 2. The lowest BCUT2D eigenvalue weighted by Gasteiger charge is -2.25. The van der Waals surface area contributed by atoms with E-state index in [4.69, 9.17) is 4.74 Å². The van der Waals surface area contributed by atoms with Crippen LogP contribution >= 0.6 is 0 Å². The van der Waals surface area contributed by atoms with Crippen LogP contribution in [0.3, 0.4) is 0 Å². The molecular formula is C20H19FN4O2. The molecule has 0 saturated carbocycles. The van der Waals surface area contributed by atoms with Crippen LogP contribution in [0.4, 0.5) is 4.39 Å². The SMILES string of the molecule is COc1cccc(-c2cc3n(n2)C(NCc2ccccc2F)CNC3=O)c1. The minimum atomic E-state index is -0.267. The minimum Gasteiger partial charge on any atom is -0.497 e. The average molecular weight is 366 g/mol. The van der Waals surface area contributed by atoms with Gasteiger partial charge in [-0.2, -0.15) is 5.10 Å². The Kier molecular flexibility index (Phi) is 4.60. The Balaban J connectivity index is 1.61. The molecule has 0 spiro atoms. The van der Waals surface area contributed by atoms with E-state index in [1.807, 2.05) is 24.3 Å². The van der Waals surface area contributed by atoms with Crippen LogP contribution in [0.15, 0.2) is 54.6 Å². The summed E-state index contributed by atoms with van der Waals surface area (Å²) in [5.74, 6) is 0.278. The second kappa shape index (κ2) is 7.20. The van der Waals surface area contributed by atoms with Crippen LogP contribution in [0.2, 0.25) is 0 Å². The zero-order valence-electron chi connectivity index (χ0n) is 14.8. The molecule has 2 heterocycles. The Labute approximate surface area is 156 Å². The van der Waals surface area contributed by atoms with Gasteiger partial charge in [-0.3, -0.25) is 10.1 Å². The lowest BCUT2D eigenvalue weighted by atomic mass is 10.1. The molecule has 3 aromatic rings. The number of halogens is 1. The standard InChI is InChI=1S/C20H19FN4O2/c1-27-15-7-4-6-13(9-15)17-10-18-20(26)23-12-19(25(18)24-17)22-11-14-5-2-3-8-16(14)21/h2-10,19,22H,11-12H2,1H3,(H,23,26). The molecule has 1 aliphatic heterocycles. The number of fused-ring (bicyclic) bond motifs is 1. The van der Waals surface area contributed by atoms with E-state index < -0.39 is 0 Å². The summed E-state index contributed by atoms with van der Waals surface area (Å²) in [5.41, 5.74) is 2.57. The van der Waals surface area contributed by atoms with Crippen LogP contribution in [0.25, 0.3) is 11.3 Å². The quantitative estimate of drug-likeness (QED) is 0.729. The van der Waals surface area contributed by atoms with E-state index in [1.54, 1.807) is 36.1 Å². The second-order valence-corrected chi connectivity index (χ2v) is 6.29. The number of amides is 1. The van der Waals surface area contributed by atoms with Crippen LogP contribution in [0.5, 0.6) is 5.75 Å². The zero-order valence-corrected chi connectivity index (χ0v) is 14.8. The molecule has 1 atom stereocenters. The van der Waals surface area contributed by atoms with Crippen molar-refractivity contribution in [3.63, 3.8) is 0 Å². The highest BCUT2D eigenvalue weighted by Crippen LogP contribution is 2.26. The molecule has 0 radical (unpaired) electrons. The Morgan fingerprint density at radius 2 is 2.11 bits per heavy atom. The Bertz CT molecular complexity index is 986. The van der Waals surface area contributed by atoms with Gasteiger partial charge in [-0.05, 0) is 24.3 Å². The van der Waals surface area contributed by atoms with E-state index in [-0.39, 0.29) is 17.9 Å². The van der Waals surface area contributed by atoms with Gasteiger partial charge in [-0.1, -0.05) is 30.3 Å². The van der Waals surface area contributed by atoms with Gasteiger partial charge in [0.25, 0.3) is 5.91 Å². The van der Waals surface area contributed by atoms with E-state index in [0.717, 1.165) is 11.3 Å². The lowest BCUT2D eigenvalue weighted by Crippen LogP contribution is -2.45. The number of nitrogens with zero attached hydrogens (tertiary/aromatic N) is 2. The monoisotopic (exact) mass is 366 g/mol. The van der Waals surface area contributed by atoms with Crippen molar-refractivity contribution in [1.82, 2.24) is 20.4 Å². The van der Waals surface area contributed by atoms with Gasteiger partial charge in [0.2, 0.25) is 0 Å². The maximum absolute atomic E-state index is 13.9. The highest BCUT2D eigenvalue weighted by atomic mass is 19.1. The highest BCUT2D eigenvalue weighted by molar-refractivity contribution is 5.94. The first-order valence-electron chi connectivity index (χ1n) is 8.64. The number of hydrogen-bond donors (Lipinski definition) is 2. The number of methoxy groups -OCH3 is 1. The topological polar surface area (TPSA) is 68.2 Å². The van der Waals surface area contributed by atoms with Gasteiger partial charge < -0.3 is 10.1 Å². The van der Waals surface area contributed by atoms with Crippen molar-refractivity contribution < 1.29 is 13.9 Å². The van der Waals surface area contributed by atoms with Crippen molar-refractivity contribution in [2.75, 3.05) is 13.7 Å². The Hall–Kier alpha value is -3.19. The van der Waals surface area contributed by atoms with Gasteiger partial charge in [0.15, 0.2) is 0 Å². The number of hydrogen-bond acceptors (Lipinski definition) is 4. The van der Waals surface area contributed by atoms with Gasteiger partial charge >= 0.3 is 0 Å². The van der Waals surface area contributed by atoms with Crippen LogP contribution in [0, 0.1) is 5.82 Å². The van der Waals surface area contributed by atoms with E-state index in [2.05, 4.69) is 15.7 Å². The smallest absolute Gasteiger partial charge is 0.269 e. The molecule has 2 N–H and O–H groups in total. The van der Waals surface area contributed by atoms with Gasteiger partial charge in [0.05, 0.1) is 19.3 Å². The van der Waals surface area contributed by atoms with Crippen LogP contribution < -0.4 is 15.4 Å². The Morgan fingerprint density at radius 1 is 1.26 bits per heavy atom. The molecule has 6 nitrogen and oxygen atoms in total. The first-order chi connectivity index (χ1) is 13.2. The predicted octanol–water partition coefficient (Wildman–Crippen LogP) is 2.73. The van der Waals surface area contributed by atoms with Crippen molar-refractivity contribution in [3.05, 3.63) is 71.7 Å². The molecule has 7 heteroatoms. The highest BCUT2D eigenvalue weighted by Gasteiger charge is 2.27. The third kappa shape index (κ3) is 3.41. The van der Waals surface area contributed by atoms with Gasteiger partial charge in [-0.15, -0.1) is 0 Å². The molecule has 0 saturated heterocycles. The third-order valence-corrected chi connectivity index (χ3v) is 4.57. The van der Waals surface area contributed by atoms with E-state index >= 15 is 0 Å². The van der Waals surface area contributed by atoms with E-state index in [1.165, 1.54) is 6.07 Å². The summed E-state index contributed by atoms with van der Waals surface area (Å²) in [6.45, 7) is 0.709. The molecule has 2 aromatic carbocycles. The zero-order chi connectivity index (χ0) is 18.8. The van der Waals surface area contributed by atoms with Crippen molar-refractivity contribution in [1.29, 1.82) is 0 Å².